The molecule has 0 spiro atoms. The van der Waals surface area contributed by atoms with Crippen molar-refractivity contribution in [1.29, 1.82) is 0 Å². The standard InChI is InChI=1S/C8H11ClN2O2/c1-4(8(12)13)7-6(9)5(2)10-11(7)3/h4H,1-3H3,(H,12,13). The molecule has 1 N–H and O–H groups in total. The van der Waals surface area contributed by atoms with Crippen molar-refractivity contribution in [2.24, 2.45) is 7.05 Å². The van der Waals surface area contributed by atoms with Gasteiger partial charge in [-0.25, -0.2) is 0 Å². The van der Waals surface area contributed by atoms with Crippen LogP contribution < -0.4 is 0 Å². The van der Waals surface area contributed by atoms with Gasteiger partial charge in [0.2, 0.25) is 0 Å². The summed E-state index contributed by atoms with van der Waals surface area (Å²) in [6.07, 6.45) is 0. The molecule has 72 valence electrons. The smallest absolute Gasteiger partial charge is 0.312 e. The van der Waals surface area contributed by atoms with E-state index in [-0.39, 0.29) is 0 Å². The van der Waals surface area contributed by atoms with Crippen molar-refractivity contribution in [2.75, 3.05) is 0 Å². The Bertz CT molecular complexity index is 346. The second kappa shape index (κ2) is 3.38. The zero-order valence-corrected chi connectivity index (χ0v) is 8.46. The minimum atomic E-state index is -0.898. The first-order valence-electron chi connectivity index (χ1n) is 3.87. The number of nitrogens with zero attached hydrogens (tertiary/aromatic N) is 2. The van der Waals surface area contributed by atoms with Crippen LogP contribution in [0.1, 0.15) is 24.2 Å². The van der Waals surface area contributed by atoms with Crippen molar-refractivity contribution in [1.82, 2.24) is 9.78 Å². The van der Waals surface area contributed by atoms with Crippen LogP contribution in [0.15, 0.2) is 0 Å². The lowest BCUT2D eigenvalue weighted by molar-refractivity contribution is -0.138. The molecule has 0 aliphatic rings. The Labute approximate surface area is 81.1 Å². The van der Waals surface area contributed by atoms with Gasteiger partial charge in [0.05, 0.1) is 22.3 Å². The summed E-state index contributed by atoms with van der Waals surface area (Å²) in [7, 11) is 1.69. The van der Waals surface area contributed by atoms with Crippen LogP contribution in [0.25, 0.3) is 0 Å². The van der Waals surface area contributed by atoms with Crippen LogP contribution in [0.3, 0.4) is 0 Å². The van der Waals surface area contributed by atoms with Crippen LogP contribution >= 0.6 is 11.6 Å². The summed E-state index contributed by atoms with van der Waals surface area (Å²) in [4.78, 5) is 10.7. The van der Waals surface area contributed by atoms with Crippen LogP contribution in [0.4, 0.5) is 0 Å². The molecule has 5 heteroatoms. The number of aryl methyl sites for hydroxylation is 2. The molecule has 1 atom stereocenters. The largest absolute Gasteiger partial charge is 0.481 e. The third-order valence-corrected chi connectivity index (χ3v) is 2.44. The zero-order chi connectivity index (χ0) is 10.2. The van der Waals surface area contributed by atoms with E-state index in [0.717, 1.165) is 0 Å². The van der Waals surface area contributed by atoms with E-state index in [0.29, 0.717) is 16.4 Å². The van der Waals surface area contributed by atoms with Crippen LogP contribution in [0, 0.1) is 6.92 Å². The average Bonchev–Trinajstić information content (AvgIpc) is 2.26. The molecule has 1 unspecified atom stereocenters. The van der Waals surface area contributed by atoms with Gasteiger partial charge in [0, 0.05) is 7.05 Å². The molecule has 1 heterocycles. The first-order chi connectivity index (χ1) is 5.95. The molecule has 0 bridgehead atoms. The van der Waals surface area contributed by atoms with Gasteiger partial charge in [-0.15, -0.1) is 0 Å². The maximum atomic E-state index is 10.7. The van der Waals surface area contributed by atoms with E-state index < -0.39 is 11.9 Å². The Balaban J connectivity index is 3.20. The number of carboxylic acids is 1. The van der Waals surface area contributed by atoms with Crippen molar-refractivity contribution < 1.29 is 9.90 Å². The Morgan fingerprint density at radius 3 is 2.54 bits per heavy atom. The number of carboxylic acid groups (broad SMARTS) is 1. The summed E-state index contributed by atoms with van der Waals surface area (Å²) in [6, 6.07) is 0. The fraction of sp³-hybridized carbons (Fsp3) is 0.500. The highest BCUT2D eigenvalue weighted by molar-refractivity contribution is 6.32. The van der Waals surface area contributed by atoms with Gasteiger partial charge < -0.3 is 5.11 Å². The molecule has 1 aromatic rings. The molecule has 0 amide bonds. The lowest BCUT2D eigenvalue weighted by Gasteiger charge is -2.06. The lowest BCUT2D eigenvalue weighted by atomic mass is 10.1. The van der Waals surface area contributed by atoms with Crippen LogP contribution in [0.5, 0.6) is 0 Å². The monoisotopic (exact) mass is 202 g/mol. The van der Waals surface area contributed by atoms with E-state index in [4.69, 9.17) is 16.7 Å². The zero-order valence-electron chi connectivity index (χ0n) is 7.71. The molecule has 0 fully saturated rings. The van der Waals surface area contributed by atoms with Crippen LogP contribution in [0.2, 0.25) is 5.02 Å². The Morgan fingerprint density at radius 2 is 2.23 bits per heavy atom. The third-order valence-electron chi connectivity index (χ3n) is 1.97. The van der Waals surface area contributed by atoms with Crippen molar-refractivity contribution in [2.45, 2.75) is 19.8 Å². The summed E-state index contributed by atoms with van der Waals surface area (Å²) in [5.74, 6) is -1.52. The van der Waals surface area contributed by atoms with Gasteiger partial charge in [0.15, 0.2) is 0 Å². The first-order valence-corrected chi connectivity index (χ1v) is 4.24. The van der Waals surface area contributed by atoms with E-state index in [1.54, 1.807) is 20.9 Å². The van der Waals surface area contributed by atoms with Gasteiger partial charge in [-0.05, 0) is 13.8 Å². The molecule has 0 aliphatic carbocycles. The summed E-state index contributed by atoms with van der Waals surface area (Å²) in [6.45, 7) is 3.34. The van der Waals surface area contributed by atoms with E-state index in [1.807, 2.05) is 0 Å². The maximum absolute atomic E-state index is 10.7. The van der Waals surface area contributed by atoms with E-state index in [1.165, 1.54) is 4.68 Å². The number of aromatic nitrogens is 2. The topological polar surface area (TPSA) is 55.1 Å². The van der Waals surface area contributed by atoms with E-state index in [2.05, 4.69) is 5.10 Å². The molecule has 4 nitrogen and oxygen atoms in total. The second-order valence-electron chi connectivity index (χ2n) is 2.97. The Kier molecular flexibility index (Phi) is 2.61. The maximum Gasteiger partial charge on any atom is 0.312 e. The minimum absolute atomic E-state index is 0.442. The average molecular weight is 203 g/mol. The van der Waals surface area contributed by atoms with Gasteiger partial charge in [0.25, 0.3) is 0 Å². The molecular formula is C8H11ClN2O2. The molecular weight excluding hydrogens is 192 g/mol. The molecule has 0 radical (unpaired) electrons. The third kappa shape index (κ3) is 1.67. The minimum Gasteiger partial charge on any atom is -0.481 e. The van der Waals surface area contributed by atoms with Crippen LogP contribution in [-0.2, 0) is 11.8 Å². The highest BCUT2D eigenvalue weighted by atomic mass is 35.5. The highest BCUT2D eigenvalue weighted by Crippen LogP contribution is 2.26. The quantitative estimate of drug-likeness (QED) is 0.792. The van der Waals surface area contributed by atoms with Crippen molar-refractivity contribution in [3.63, 3.8) is 0 Å². The predicted octanol–water partition coefficient (Wildman–Crippen LogP) is 1.57. The van der Waals surface area contributed by atoms with Gasteiger partial charge in [0.1, 0.15) is 0 Å². The molecule has 0 saturated carbocycles. The molecule has 13 heavy (non-hydrogen) atoms. The number of aliphatic carboxylic acids is 1. The normalized spacial score (nSPS) is 12.9. The molecule has 0 aliphatic heterocycles. The Hall–Kier alpha value is -1.03. The summed E-state index contributed by atoms with van der Waals surface area (Å²) in [5, 5.41) is 13.3. The molecule has 1 aromatic heterocycles. The van der Waals surface area contributed by atoms with E-state index in [9.17, 15) is 4.79 Å². The van der Waals surface area contributed by atoms with E-state index >= 15 is 0 Å². The van der Waals surface area contributed by atoms with Crippen molar-refractivity contribution in [3.05, 3.63) is 16.4 Å². The van der Waals surface area contributed by atoms with Crippen molar-refractivity contribution in [3.8, 4) is 0 Å². The fourth-order valence-corrected chi connectivity index (χ4v) is 1.56. The number of hydrogen-bond acceptors (Lipinski definition) is 2. The van der Waals surface area contributed by atoms with Gasteiger partial charge in [-0.3, -0.25) is 9.48 Å². The number of halogens is 1. The fourth-order valence-electron chi connectivity index (χ4n) is 1.24. The second-order valence-corrected chi connectivity index (χ2v) is 3.35. The predicted molar refractivity (Wildman–Crippen MR) is 49.0 cm³/mol. The first kappa shape index (κ1) is 10.1. The molecule has 0 saturated heterocycles. The molecule has 0 aromatic carbocycles. The number of rotatable bonds is 2. The highest BCUT2D eigenvalue weighted by Gasteiger charge is 2.22. The van der Waals surface area contributed by atoms with Gasteiger partial charge in [-0.1, -0.05) is 11.6 Å². The van der Waals surface area contributed by atoms with Gasteiger partial charge in [-0.2, -0.15) is 5.10 Å². The summed E-state index contributed by atoms with van der Waals surface area (Å²) < 4.78 is 1.51. The number of carbonyl (C=O) groups is 1. The van der Waals surface area contributed by atoms with Gasteiger partial charge >= 0.3 is 5.97 Å². The molecule has 1 rings (SSSR count). The number of hydrogen-bond donors (Lipinski definition) is 1. The summed E-state index contributed by atoms with van der Waals surface area (Å²) in [5.41, 5.74) is 1.21. The SMILES string of the molecule is Cc1nn(C)c(C(C)C(=O)O)c1Cl. The van der Waals surface area contributed by atoms with Crippen LogP contribution in [-0.4, -0.2) is 20.9 Å². The van der Waals surface area contributed by atoms with Crippen molar-refractivity contribution >= 4 is 17.6 Å². The Morgan fingerprint density at radius 1 is 1.69 bits per heavy atom. The summed E-state index contributed by atoms with van der Waals surface area (Å²) >= 11 is 5.91. The lowest BCUT2D eigenvalue weighted by Crippen LogP contribution is -2.12.